The molecule has 1 aromatic carbocycles. The molecule has 0 unspecified atom stereocenters. The van der Waals surface area contributed by atoms with Gasteiger partial charge in [-0.25, -0.2) is 4.98 Å². The third-order valence-electron chi connectivity index (χ3n) is 4.54. The van der Waals surface area contributed by atoms with Gasteiger partial charge in [-0.2, -0.15) is 5.10 Å². The molecule has 2 aromatic rings. The van der Waals surface area contributed by atoms with Crippen molar-refractivity contribution in [2.75, 3.05) is 26.3 Å². The average Bonchev–Trinajstić information content (AvgIpc) is 3.07. The molecule has 126 valence electrons. The molecule has 24 heavy (non-hydrogen) atoms. The Hall–Kier alpha value is -2.41. The molecule has 2 aliphatic rings. The van der Waals surface area contributed by atoms with Crippen LogP contribution in [0.15, 0.2) is 24.3 Å². The minimum Gasteiger partial charge on any atom is -0.493 e. The summed E-state index contributed by atoms with van der Waals surface area (Å²) in [6.07, 6.45) is 0.431. The molecule has 2 atom stereocenters. The molecule has 0 bridgehead atoms. The summed E-state index contributed by atoms with van der Waals surface area (Å²) < 4.78 is 11.4. The highest BCUT2D eigenvalue weighted by molar-refractivity contribution is 5.85. The van der Waals surface area contributed by atoms with Gasteiger partial charge in [0, 0.05) is 12.1 Å². The fourth-order valence-electron chi connectivity index (χ4n) is 3.33. The van der Waals surface area contributed by atoms with Crippen LogP contribution in [0.1, 0.15) is 35.7 Å². The Labute approximate surface area is 140 Å². The molecule has 1 amide bonds. The molecule has 1 N–H and O–H groups in total. The molecular formula is C17H20N4O3. The number of rotatable bonds is 2. The van der Waals surface area contributed by atoms with Crippen molar-refractivity contribution in [1.29, 1.82) is 0 Å². The number of para-hydroxylation sites is 1. The van der Waals surface area contributed by atoms with E-state index in [-0.39, 0.29) is 17.9 Å². The van der Waals surface area contributed by atoms with Crippen LogP contribution in [-0.2, 0) is 9.53 Å². The van der Waals surface area contributed by atoms with Crippen LogP contribution in [-0.4, -0.2) is 52.3 Å². The Morgan fingerprint density at radius 1 is 1.33 bits per heavy atom. The predicted octanol–water partition coefficient (Wildman–Crippen LogP) is 1.58. The summed E-state index contributed by atoms with van der Waals surface area (Å²) in [7, 11) is 0. The van der Waals surface area contributed by atoms with Crippen LogP contribution in [0.3, 0.4) is 0 Å². The fraction of sp³-hybridized carbons (Fsp3) is 0.471. The zero-order chi connectivity index (χ0) is 16.5. The molecule has 1 saturated heterocycles. The van der Waals surface area contributed by atoms with E-state index in [0.717, 1.165) is 17.1 Å². The van der Waals surface area contributed by atoms with Crippen LogP contribution in [0, 0.1) is 6.92 Å². The maximum absolute atomic E-state index is 13.1. The number of ether oxygens (including phenoxy) is 2. The number of hydrogen-bond acceptors (Lipinski definition) is 5. The molecule has 4 rings (SSSR count). The van der Waals surface area contributed by atoms with Crippen LogP contribution in [0.25, 0.3) is 0 Å². The van der Waals surface area contributed by atoms with Crippen LogP contribution < -0.4 is 4.74 Å². The first kappa shape index (κ1) is 15.1. The molecule has 7 nitrogen and oxygen atoms in total. The van der Waals surface area contributed by atoms with Gasteiger partial charge in [-0.3, -0.25) is 9.89 Å². The van der Waals surface area contributed by atoms with Crippen molar-refractivity contribution in [2.24, 2.45) is 0 Å². The van der Waals surface area contributed by atoms with Gasteiger partial charge in [0.05, 0.1) is 25.7 Å². The number of nitrogens with one attached hydrogen (secondary N) is 1. The standard InChI is InChI=1S/C17H20N4O3/c1-11-18-16(20-19-11)15-10-21(7-9-24-15)17(22)13-6-8-23-14-5-3-2-4-12(13)14/h2-5,13,15H,6-10H2,1H3,(H,18,19,20)/t13-,15+/m1/s1. The van der Waals surface area contributed by atoms with Crippen molar-refractivity contribution in [2.45, 2.75) is 25.4 Å². The number of aromatic amines is 1. The first-order valence-electron chi connectivity index (χ1n) is 8.23. The minimum atomic E-state index is -0.275. The van der Waals surface area contributed by atoms with Gasteiger partial charge in [0.25, 0.3) is 0 Å². The smallest absolute Gasteiger partial charge is 0.230 e. The fourth-order valence-corrected chi connectivity index (χ4v) is 3.33. The van der Waals surface area contributed by atoms with Crippen LogP contribution in [0.4, 0.5) is 0 Å². The van der Waals surface area contributed by atoms with Gasteiger partial charge in [-0.15, -0.1) is 0 Å². The van der Waals surface area contributed by atoms with Gasteiger partial charge in [0.1, 0.15) is 17.7 Å². The number of morpholine rings is 1. The Balaban J connectivity index is 1.52. The molecule has 1 aromatic heterocycles. The van der Waals surface area contributed by atoms with Crippen molar-refractivity contribution in [3.05, 3.63) is 41.5 Å². The number of benzene rings is 1. The Bertz CT molecular complexity index is 745. The number of aromatic nitrogens is 3. The van der Waals surface area contributed by atoms with Crippen LogP contribution in [0.5, 0.6) is 5.75 Å². The van der Waals surface area contributed by atoms with Crippen LogP contribution >= 0.6 is 0 Å². The maximum Gasteiger partial charge on any atom is 0.230 e. The SMILES string of the molecule is Cc1nc([C@@H]2CN(C(=O)[C@@H]3CCOc4ccccc43)CCO2)n[nH]1. The van der Waals surface area contributed by atoms with E-state index in [1.807, 2.05) is 36.1 Å². The van der Waals surface area contributed by atoms with Crippen molar-refractivity contribution in [3.63, 3.8) is 0 Å². The van der Waals surface area contributed by atoms with Gasteiger partial charge < -0.3 is 14.4 Å². The van der Waals surface area contributed by atoms with Gasteiger partial charge in [0.15, 0.2) is 5.82 Å². The van der Waals surface area contributed by atoms with E-state index in [0.29, 0.717) is 38.5 Å². The Morgan fingerprint density at radius 2 is 2.21 bits per heavy atom. The summed E-state index contributed by atoms with van der Waals surface area (Å²) in [5.74, 6) is 2.15. The summed E-state index contributed by atoms with van der Waals surface area (Å²) in [4.78, 5) is 19.3. The van der Waals surface area contributed by atoms with Gasteiger partial charge >= 0.3 is 0 Å². The first-order chi connectivity index (χ1) is 11.7. The van der Waals surface area contributed by atoms with Crippen molar-refractivity contribution in [3.8, 4) is 5.75 Å². The summed E-state index contributed by atoms with van der Waals surface area (Å²) in [5, 5.41) is 6.99. The van der Waals surface area contributed by atoms with E-state index in [4.69, 9.17) is 9.47 Å². The van der Waals surface area contributed by atoms with Crippen molar-refractivity contribution in [1.82, 2.24) is 20.1 Å². The number of H-pyrrole nitrogens is 1. The average molecular weight is 328 g/mol. The number of fused-ring (bicyclic) bond motifs is 1. The van der Waals surface area contributed by atoms with E-state index in [9.17, 15) is 4.79 Å². The molecular weight excluding hydrogens is 308 g/mol. The first-order valence-corrected chi connectivity index (χ1v) is 8.23. The Kier molecular flexibility index (Phi) is 3.93. The van der Waals surface area contributed by atoms with Gasteiger partial charge in [0.2, 0.25) is 5.91 Å². The number of amides is 1. The molecule has 7 heteroatoms. The lowest BCUT2D eigenvalue weighted by molar-refractivity contribution is -0.141. The predicted molar refractivity (Wildman–Crippen MR) is 85.7 cm³/mol. The lowest BCUT2D eigenvalue weighted by Gasteiger charge is -2.35. The van der Waals surface area contributed by atoms with E-state index in [1.165, 1.54) is 0 Å². The molecule has 1 fully saturated rings. The maximum atomic E-state index is 13.1. The third-order valence-corrected chi connectivity index (χ3v) is 4.54. The van der Waals surface area contributed by atoms with E-state index in [2.05, 4.69) is 15.2 Å². The Morgan fingerprint density at radius 3 is 3.04 bits per heavy atom. The second-order valence-electron chi connectivity index (χ2n) is 6.15. The number of nitrogens with zero attached hydrogens (tertiary/aromatic N) is 3. The summed E-state index contributed by atoms with van der Waals surface area (Å²) in [6, 6.07) is 7.79. The number of hydrogen-bond donors (Lipinski definition) is 1. The van der Waals surface area contributed by atoms with Gasteiger partial charge in [-0.1, -0.05) is 18.2 Å². The summed E-state index contributed by atoms with van der Waals surface area (Å²) >= 11 is 0. The molecule has 2 aliphatic heterocycles. The summed E-state index contributed by atoms with van der Waals surface area (Å²) in [5.41, 5.74) is 0.977. The van der Waals surface area contributed by atoms with Crippen LogP contribution in [0.2, 0.25) is 0 Å². The van der Waals surface area contributed by atoms with E-state index in [1.54, 1.807) is 0 Å². The third kappa shape index (κ3) is 2.75. The highest BCUT2D eigenvalue weighted by Gasteiger charge is 2.34. The molecule has 0 saturated carbocycles. The molecule has 0 radical (unpaired) electrons. The number of aryl methyl sites for hydroxylation is 1. The minimum absolute atomic E-state index is 0.131. The second kappa shape index (κ2) is 6.24. The number of carbonyl (C=O) groups is 1. The molecule has 3 heterocycles. The second-order valence-corrected chi connectivity index (χ2v) is 6.15. The van der Waals surface area contributed by atoms with Crippen molar-refractivity contribution >= 4 is 5.91 Å². The molecule has 0 spiro atoms. The molecule has 0 aliphatic carbocycles. The lowest BCUT2D eigenvalue weighted by Crippen LogP contribution is -2.45. The summed E-state index contributed by atoms with van der Waals surface area (Å²) in [6.45, 7) is 3.99. The highest BCUT2D eigenvalue weighted by Crippen LogP contribution is 2.35. The largest absolute Gasteiger partial charge is 0.493 e. The van der Waals surface area contributed by atoms with Crippen molar-refractivity contribution < 1.29 is 14.3 Å². The normalized spacial score (nSPS) is 23.5. The van der Waals surface area contributed by atoms with E-state index < -0.39 is 0 Å². The quantitative estimate of drug-likeness (QED) is 0.905. The van der Waals surface area contributed by atoms with Gasteiger partial charge in [-0.05, 0) is 19.4 Å². The number of carbonyl (C=O) groups excluding carboxylic acids is 1. The zero-order valence-corrected chi connectivity index (χ0v) is 13.6. The lowest BCUT2D eigenvalue weighted by atomic mass is 9.91. The topological polar surface area (TPSA) is 80.3 Å². The van der Waals surface area contributed by atoms with E-state index >= 15 is 0 Å². The highest BCUT2D eigenvalue weighted by atomic mass is 16.5. The zero-order valence-electron chi connectivity index (χ0n) is 13.6. The monoisotopic (exact) mass is 328 g/mol.